The van der Waals surface area contributed by atoms with Gasteiger partial charge in [-0.25, -0.2) is 14.2 Å². The van der Waals surface area contributed by atoms with Crippen molar-refractivity contribution >= 4 is 28.6 Å². The predicted octanol–water partition coefficient (Wildman–Crippen LogP) is 3.21. The summed E-state index contributed by atoms with van der Waals surface area (Å²) in [5.74, 6) is 0.971. The average molecular weight is 398 g/mol. The topological polar surface area (TPSA) is 95.2 Å². The Labute approximate surface area is 167 Å². The molecule has 0 aliphatic carbocycles. The molecule has 3 N–H and O–H groups in total. The molecule has 8 nitrogen and oxygen atoms in total. The first-order valence-electron chi connectivity index (χ1n) is 9.55. The molecule has 1 aliphatic heterocycles. The van der Waals surface area contributed by atoms with Crippen LogP contribution in [0.1, 0.15) is 24.4 Å². The highest BCUT2D eigenvalue weighted by atomic mass is 19.1. The number of halogens is 1. The minimum atomic E-state index is -0.428. The maximum atomic E-state index is 13.2. The molecule has 3 heterocycles. The third-order valence-electron chi connectivity index (χ3n) is 4.99. The van der Waals surface area contributed by atoms with Crippen LogP contribution in [-0.2, 0) is 4.74 Å². The van der Waals surface area contributed by atoms with Crippen LogP contribution in [0.25, 0.3) is 10.9 Å². The smallest absolute Gasteiger partial charge is 0.320 e. The van der Waals surface area contributed by atoms with Crippen LogP contribution >= 0.6 is 0 Å². The van der Waals surface area contributed by atoms with E-state index in [0.29, 0.717) is 5.82 Å². The molecule has 0 spiro atoms. The van der Waals surface area contributed by atoms with Gasteiger partial charge in [-0.05, 0) is 30.5 Å². The Hall–Kier alpha value is -3.20. The van der Waals surface area contributed by atoms with E-state index in [1.54, 1.807) is 31.5 Å². The zero-order valence-electron chi connectivity index (χ0n) is 16.1. The number of benzene rings is 1. The Balaban J connectivity index is 1.45. The van der Waals surface area contributed by atoms with E-state index < -0.39 is 12.1 Å². The van der Waals surface area contributed by atoms with Crippen LogP contribution in [0.4, 0.5) is 20.8 Å². The molecule has 9 heteroatoms. The number of anilines is 2. The number of H-pyrrole nitrogens is 1. The lowest BCUT2D eigenvalue weighted by Crippen LogP contribution is -2.35. The van der Waals surface area contributed by atoms with E-state index in [-0.39, 0.29) is 12.4 Å². The monoisotopic (exact) mass is 398 g/mol. The van der Waals surface area contributed by atoms with Gasteiger partial charge < -0.3 is 15.0 Å². The summed E-state index contributed by atoms with van der Waals surface area (Å²) < 4.78 is 18.3. The van der Waals surface area contributed by atoms with Crippen molar-refractivity contribution in [3.63, 3.8) is 0 Å². The van der Waals surface area contributed by atoms with Crippen LogP contribution < -0.4 is 15.5 Å². The number of nitrogens with zero attached hydrogens (tertiary/aromatic N) is 3. The Morgan fingerprint density at radius 2 is 2.07 bits per heavy atom. The first-order valence-corrected chi connectivity index (χ1v) is 9.55. The molecule has 1 unspecified atom stereocenters. The van der Waals surface area contributed by atoms with Crippen molar-refractivity contribution in [2.24, 2.45) is 0 Å². The van der Waals surface area contributed by atoms with E-state index in [4.69, 9.17) is 4.74 Å². The molecule has 1 aliphatic rings. The highest BCUT2D eigenvalue weighted by molar-refractivity contribution is 5.94. The van der Waals surface area contributed by atoms with Crippen molar-refractivity contribution in [1.82, 2.24) is 20.5 Å². The van der Waals surface area contributed by atoms with E-state index in [1.807, 2.05) is 0 Å². The number of pyridine rings is 1. The number of aromatic amines is 1. The predicted molar refractivity (Wildman–Crippen MR) is 109 cm³/mol. The second-order valence-electron chi connectivity index (χ2n) is 7.01. The number of rotatable bonds is 6. The summed E-state index contributed by atoms with van der Waals surface area (Å²) in [6, 6.07) is 6.85. The first kappa shape index (κ1) is 19.1. The third-order valence-corrected chi connectivity index (χ3v) is 4.99. The summed E-state index contributed by atoms with van der Waals surface area (Å²) in [5, 5.41) is 13.9. The molecule has 1 atom stereocenters. The van der Waals surface area contributed by atoms with Gasteiger partial charge in [-0.1, -0.05) is 12.1 Å². The molecule has 1 saturated heterocycles. The largest absolute Gasteiger partial charge is 0.382 e. The summed E-state index contributed by atoms with van der Waals surface area (Å²) in [6.07, 6.45) is 4.05. The van der Waals surface area contributed by atoms with Crippen molar-refractivity contribution in [1.29, 1.82) is 0 Å². The fraction of sp³-hybridized carbons (Fsp3) is 0.350. The summed E-state index contributed by atoms with van der Waals surface area (Å²) in [7, 11) is 1.54. The zero-order valence-corrected chi connectivity index (χ0v) is 16.1. The van der Waals surface area contributed by atoms with Gasteiger partial charge in [-0.15, -0.1) is 0 Å². The lowest BCUT2D eigenvalue weighted by molar-refractivity contribution is 0.168. The standard InChI is InChI=1S/C20H23FN6O2/c1-29-12-17(13-4-6-14(21)7-5-13)23-20(28)24-18-10-16-15(11-22-18)19(26-25-16)27-8-2-3-9-27/h4-7,10-11,17H,2-3,8-9,12H2,1H3,(H,25,26)(H2,22,23,24,28). The van der Waals surface area contributed by atoms with E-state index in [2.05, 4.69) is 30.7 Å². The van der Waals surface area contributed by atoms with Gasteiger partial charge >= 0.3 is 6.03 Å². The molecular weight excluding hydrogens is 375 g/mol. The van der Waals surface area contributed by atoms with E-state index in [0.717, 1.165) is 48.2 Å². The van der Waals surface area contributed by atoms with Gasteiger partial charge in [0.1, 0.15) is 11.6 Å². The van der Waals surface area contributed by atoms with Gasteiger partial charge in [0.05, 0.1) is 23.6 Å². The van der Waals surface area contributed by atoms with Crippen LogP contribution in [0.5, 0.6) is 0 Å². The van der Waals surface area contributed by atoms with Gasteiger partial charge in [0.25, 0.3) is 0 Å². The zero-order chi connectivity index (χ0) is 20.2. The summed E-state index contributed by atoms with van der Waals surface area (Å²) in [5.41, 5.74) is 1.56. The number of hydrogen-bond acceptors (Lipinski definition) is 5. The van der Waals surface area contributed by atoms with Crippen molar-refractivity contribution in [2.45, 2.75) is 18.9 Å². The molecule has 3 aromatic rings. The molecule has 2 amide bonds. The number of methoxy groups -OCH3 is 1. The number of fused-ring (bicyclic) bond motifs is 1. The minimum Gasteiger partial charge on any atom is -0.382 e. The van der Waals surface area contributed by atoms with Crippen LogP contribution in [-0.4, -0.2) is 48.0 Å². The van der Waals surface area contributed by atoms with Gasteiger partial charge in [-0.3, -0.25) is 10.4 Å². The van der Waals surface area contributed by atoms with Crippen molar-refractivity contribution < 1.29 is 13.9 Å². The number of amides is 2. The van der Waals surface area contributed by atoms with Gasteiger partial charge in [-0.2, -0.15) is 5.10 Å². The number of hydrogen-bond donors (Lipinski definition) is 3. The van der Waals surface area contributed by atoms with Crippen molar-refractivity contribution in [2.75, 3.05) is 37.0 Å². The highest BCUT2D eigenvalue weighted by Gasteiger charge is 2.19. The number of ether oxygens (including phenoxy) is 1. The van der Waals surface area contributed by atoms with Crippen LogP contribution in [0.3, 0.4) is 0 Å². The van der Waals surface area contributed by atoms with E-state index in [9.17, 15) is 9.18 Å². The maximum Gasteiger partial charge on any atom is 0.320 e. The number of nitrogens with one attached hydrogen (secondary N) is 3. The van der Waals surface area contributed by atoms with Gasteiger partial charge in [0.2, 0.25) is 0 Å². The Bertz CT molecular complexity index is 984. The van der Waals surface area contributed by atoms with E-state index in [1.165, 1.54) is 12.1 Å². The van der Waals surface area contributed by atoms with Gasteiger partial charge in [0.15, 0.2) is 5.82 Å². The molecule has 1 fully saturated rings. The molecule has 4 rings (SSSR count). The lowest BCUT2D eigenvalue weighted by Gasteiger charge is -2.18. The summed E-state index contributed by atoms with van der Waals surface area (Å²) >= 11 is 0. The lowest BCUT2D eigenvalue weighted by atomic mass is 10.1. The number of carbonyl (C=O) groups excluding carboxylic acids is 1. The number of urea groups is 1. The van der Waals surface area contributed by atoms with Crippen LogP contribution in [0.2, 0.25) is 0 Å². The fourth-order valence-corrected chi connectivity index (χ4v) is 3.53. The summed E-state index contributed by atoms with van der Waals surface area (Å²) in [4.78, 5) is 19.0. The second kappa shape index (κ2) is 8.44. The van der Waals surface area contributed by atoms with E-state index >= 15 is 0 Å². The molecule has 0 radical (unpaired) electrons. The molecular formula is C20H23FN6O2. The Morgan fingerprint density at radius 3 is 2.79 bits per heavy atom. The van der Waals surface area contributed by atoms with Crippen LogP contribution in [0, 0.1) is 5.82 Å². The molecule has 2 aromatic heterocycles. The molecule has 1 aromatic carbocycles. The fourth-order valence-electron chi connectivity index (χ4n) is 3.53. The summed E-state index contributed by atoms with van der Waals surface area (Å²) in [6.45, 7) is 2.24. The molecule has 0 saturated carbocycles. The van der Waals surface area contributed by atoms with Gasteiger partial charge in [0, 0.05) is 32.5 Å². The van der Waals surface area contributed by atoms with Crippen LogP contribution in [0.15, 0.2) is 36.5 Å². The third kappa shape index (κ3) is 4.29. The number of aromatic nitrogens is 3. The highest BCUT2D eigenvalue weighted by Crippen LogP contribution is 2.27. The normalized spacial score (nSPS) is 14.9. The Kier molecular flexibility index (Phi) is 5.57. The number of carbonyl (C=O) groups is 1. The maximum absolute atomic E-state index is 13.2. The second-order valence-corrected chi connectivity index (χ2v) is 7.01. The first-order chi connectivity index (χ1) is 14.1. The average Bonchev–Trinajstić information content (AvgIpc) is 3.37. The quantitative estimate of drug-likeness (QED) is 0.593. The van der Waals surface area contributed by atoms with Crippen molar-refractivity contribution in [3.8, 4) is 0 Å². The molecule has 0 bridgehead atoms. The SMILES string of the molecule is COCC(NC(=O)Nc1cc2[nH]nc(N3CCCC3)c2cn1)c1ccc(F)cc1. The Morgan fingerprint density at radius 1 is 1.31 bits per heavy atom. The molecule has 152 valence electrons. The minimum absolute atomic E-state index is 0.255. The molecule has 29 heavy (non-hydrogen) atoms. The van der Waals surface area contributed by atoms with Crippen molar-refractivity contribution in [3.05, 3.63) is 47.9 Å².